The summed E-state index contributed by atoms with van der Waals surface area (Å²) in [5.74, 6) is 2.26. The molecule has 0 saturated carbocycles. The van der Waals surface area contributed by atoms with Gasteiger partial charge in [-0.25, -0.2) is 4.98 Å². The Kier molecular flexibility index (Phi) is 3.81. The van der Waals surface area contributed by atoms with Crippen molar-refractivity contribution in [2.75, 3.05) is 13.1 Å². The lowest BCUT2D eigenvalue weighted by atomic mass is 10.3. The van der Waals surface area contributed by atoms with Gasteiger partial charge in [-0.1, -0.05) is 5.92 Å². The molecule has 0 spiro atoms. The van der Waals surface area contributed by atoms with E-state index in [9.17, 15) is 4.79 Å². The van der Waals surface area contributed by atoms with Crippen LogP contribution in [-0.2, 0) is 0 Å². The zero-order valence-electron chi connectivity index (χ0n) is 8.90. The van der Waals surface area contributed by atoms with Crippen molar-refractivity contribution in [1.29, 1.82) is 0 Å². The van der Waals surface area contributed by atoms with Gasteiger partial charge < -0.3 is 4.90 Å². The molecule has 1 amide bonds. The molecular weight excluding hydrogens is 190 g/mol. The van der Waals surface area contributed by atoms with Crippen molar-refractivity contribution in [3.63, 3.8) is 0 Å². The number of hydrogen-bond donors (Lipinski definition) is 0. The van der Waals surface area contributed by atoms with Gasteiger partial charge in [-0.3, -0.25) is 9.78 Å². The Bertz CT molecular complexity index is 378. The molecule has 0 aliphatic carbocycles. The van der Waals surface area contributed by atoms with Crippen molar-refractivity contribution in [1.82, 2.24) is 14.9 Å². The predicted molar refractivity (Wildman–Crippen MR) is 57.2 cm³/mol. The number of hydrogen-bond acceptors (Lipinski definition) is 3. The van der Waals surface area contributed by atoms with E-state index < -0.39 is 0 Å². The van der Waals surface area contributed by atoms with Crippen molar-refractivity contribution in [2.24, 2.45) is 0 Å². The SMILES string of the molecule is C#CCN(CC)C(=O)c1cnc(C)cn1. The second kappa shape index (κ2) is 5.11. The zero-order chi connectivity index (χ0) is 11.3. The number of carbonyl (C=O) groups excluding carboxylic acids is 1. The smallest absolute Gasteiger partial charge is 0.274 e. The summed E-state index contributed by atoms with van der Waals surface area (Å²) in [7, 11) is 0. The number of carbonyl (C=O) groups is 1. The molecule has 1 heterocycles. The quantitative estimate of drug-likeness (QED) is 0.685. The van der Waals surface area contributed by atoms with Gasteiger partial charge in [0.15, 0.2) is 0 Å². The Morgan fingerprint density at radius 3 is 2.73 bits per heavy atom. The third kappa shape index (κ3) is 2.78. The summed E-state index contributed by atoms with van der Waals surface area (Å²) >= 11 is 0. The minimum Gasteiger partial charge on any atom is -0.326 e. The van der Waals surface area contributed by atoms with E-state index in [2.05, 4.69) is 15.9 Å². The van der Waals surface area contributed by atoms with Crippen LogP contribution in [0.5, 0.6) is 0 Å². The highest BCUT2D eigenvalue weighted by molar-refractivity contribution is 5.92. The van der Waals surface area contributed by atoms with E-state index in [1.54, 1.807) is 11.1 Å². The van der Waals surface area contributed by atoms with Gasteiger partial charge in [0.05, 0.1) is 18.4 Å². The molecule has 15 heavy (non-hydrogen) atoms. The van der Waals surface area contributed by atoms with Crippen LogP contribution in [0.3, 0.4) is 0 Å². The Morgan fingerprint density at radius 2 is 2.27 bits per heavy atom. The van der Waals surface area contributed by atoms with E-state index in [1.165, 1.54) is 6.20 Å². The molecule has 78 valence electrons. The fourth-order valence-corrected chi connectivity index (χ4v) is 1.10. The average molecular weight is 203 g/mol. The lowest BCUT2D eigenvalue weighted by molar-refractivity contribution is 0.0778. The highest BCUT2D eigenvalue weighted by atomic mass is 16.2. The second-order valence-electron chi connectivity index (χ2n) is 3.07. The topological polar surface area (TPSA) is 46.1 Å². The van der Waals surface area contributed by atoms with Crippen molar-refractivity contribution in [3.05, 3.63) is 23.8 Å². The number of aromatic nitrogens is 2. The summed E-state index contributed by atoms with van der Waals surface area (Å²) in [6.07, 6.45) is 8.20. The average Bonchev–Trinajstić information content (AvgIpc) is 2.26. The van der Waals surface area contributed by atoms with Crippen LogP contribution in [-0.4, -0.2) is 33.9 Å². The number of terminal acetylenes is 1. The molecule has 1 aromatic heterocycles. The van der Waals surface area contributed by atoms with Crippen LogP contribution in [0.2, 0.25) is 0 Å². The van der Waals surface area contributed by atoms with Gasteiger partial charge in [-0.15, -0.1) is 6.42 Å². The first-order valence-electron chi connectivity index (χ1n) is 4.70. The molecule has 1 aromatic rings. The van der Waals surface area contributed by atoms with Crippen molar-refractivity contribution in [2.45, 2.75) is 13.8 Å². The molecule has 0 N–H and O–H groups in total. The van der Waals surface area contributed by atoms with Gasteiger partial charge in [-0.05, 0) is 13.8 Å². The first kappa shape index (κ1) is 11.2. The summed E-state index contributed by atoms with van der Waals surface area (Å²) in [6.45, 7) is 4.56. The first-order valence-corrected chi connectivity index (χ1v) is 4.70. The van der Waals surface area contributed by atoms with E-state index in [1.807, 2.05) is 13.8 Å². The molecule has 0 atom stereocenters. The molecule has 4 nitrogen and oxygen atoms in total. The molecule has 4 heteroatoms. The van der Waals surface area contributed by atoms with Crippen LogP contribution in [0.4, 0.5) is 0 Å². The lowest BCUT2D eigenvalue weighted by Gasteiger charge is -2.16. The van der Waals surface area contributed by atoms with Crippen LogP contribution < -0.4 is 0 Å². The molecule has 0 aliphatic heterocycles. The lowest BCUT2D eigenvalue weighted by Crippen LogP contribution is -2.31. The second-order valence-corrected chi connectivity index (χ2v) is 3.07. The largest absolute Gasteiger partial charge is 0.326 e. The Morgan fingerprint density at radius 1 is 1.53 bits per heavy atom. The van der Waals surface area contributed by atoms with Crippen LogP contribution in [0.15, 0.2) is 12.4 Å². The molecule has 0 saturated heterocycles. The van der Waals surface area contributed by atoms with E-state index in [4.69, 9.17) is 6.42 Å². The van der Waals surface area contributed by atoms with Crippen LogP contribution >= 0.6 is 0 Å². The summed E-state index contributed by atoms with van der Waals surface area (Å²) in [6, 6.07) is 0. The highest BCUT2D eigenvalue weighted by Crippen LogP contribution is 2.00. The Labute approximate surface area is 89.3 Å². The number of amides is 1. The maximum Gasteiger partial charge on any atom is 0.274 e. The zero-order valence-corrected chi connectivity index (χ0v) is 8.90. The van der Waals surface area contributed by atoms with E-state index in [0.29, 0.717) is 18.8 Å². The van der Waals surface area contributed by atoms with Crippen LogP contribution in [0.1, 0.15) is 23.1 Å². The third-order valence-electron chi connectivity index (χ3n) is 1.95. The van der Waals surface area contributed by atoms with Crippen molar-refractivity contribution >= 4 is 5.91 Å². The first-order chi connectivity index (χ1) is 7.19. The van der Waals surface area contributed by atoms with Crippen LogP contribution in [0.25, 0.3) is 0 Å². The van der Waals surface area contributed by atoms with Gasteiger partial charge in [0, 0.05) is 12.7 Å². The van der Waals surface area contributed by atoms with Crippen molar-refractivity contribution < 1.29 is 4.79 Å². The van der Waals surface area contributed by atoms with Gasteiger partial charge in [-0.2, -0.15) is 0 Å². The van der Waals surface area contributed by atoms with E-state index in [0.717, 1.165) is 5.69 Å². The summed E-state index contributed by atoms with van der Waals surface area (Å²) in [5.41, 5.74) is 1.12. The maximum absolute atomic E-state index is 11.8. The molecule has 0 aromatic carbocycles. The summed E-state index contributed by atoms with van der Waals surface area (Å²) < 4.78 is 0. The highest BCUT2D eigenvalue weighted by Gasteiger charge is 2.14. The molecule has 0 aliphatic rings. The van der Waals surface area contributed by atoms with Gasteiger partial charge in [0.1, 0.15) is 5.69 Å². The predicted octanol–water partition coefficient (Wildman–Crippen LogP) is 0.880. The Hall–Kier alpha value is -1.89. The van der Waals surface area contributed by atoms with E-state index >= 15 is 0 Å². The molecule has 1 rings (SSSR count). The monoisotopic (exact) mass is 203 g/mol. The fourth-order valence-electron chi connectivity index (χ4n) is 1.10. The van der Waals surface area contributed by atoms with Gasteiger partial charge in [0.25, 0.3) is 5.91 Å². The minimum atomic E-state index is -0.178. The number of aryl methyl sites for hydroxylation is 1. The molecule has 0 fully saturated rings. The van der Waals surface area contributed by atoms with Crippen molar-refractivity contribution in [3.8, 4) is 12.3 Å². The molecule has 0 radical (unpaired) electrons. The Balaban J connectivity index is 2.84. The van der Waals surface area contributed by atoms with E-state index in [-0.39, 0.29) is 5.91 Å². The minimum absolute atomic E-state index is 0.178. The molecule has 0 bridgehead atoms. The maximum atomic E-state index is 11.8. The summed E-state index contributed by atoms with van der Waals surface area (Å²) in [5, 5.41) is 0. The number of nitrogens with zero attached hydrogens (tertiary/aromatic N) is 3. The number of rotatable bonds is 3. The van der Waals surface area contributed by atoms with Gasteiger partial charge in [0.2, 0.25) is 0 Å². The fraction of sp³-hybridized carbons (Fsp3) is 0.364. The molecule has 0 unspecified atom stereocenters. The standard InChI is InChI=1S/C11H13N3O/c1-4-6-14(5-2)11(15)10-8-12-9(3)7-13-10/h1,7-8H,5-6H2,2-3H3. The third-order valence-corrected chi connectivity index (χ3v) is 1.95. The normalized spacial score (nSPS) is 9.40. The molecular formula is C11H13N3O. The summed E-state index contributed by atoms with van der Waals surface area (Å²) in [4.78, 5) is 21.4. The van der Waals surface area contributed by atoms with Crippen LogP contribution in [0, 0.1) is 19.3 Å². The van der Waals surface area contributed by atoms with Gasteiger partial charge >= 0.3 is 0 Å².